The second-order valence-electron chi connectivity index (χ2n) is 2.94. The van der Waals surface area contributed by atoms with E-state index in [2.05, 4.69) is 5.10 Å². The molecule has 0 unspecified atom stereocenters. The minimum Gasteiger partial charge on any atom is -0.269 e. The lowest BCUT2D eigenvalue weighted by molar-refractivity contribution is -0.137. The fourth-order valence-electron chi connectivity index (χ4n) is 1.11. The Hall–Kier alpha value is -1.52. The van der Waals surface area contributed by atoms with Gasteiger partial charge in [0.25, 0.3) is 0 Å². The number of hydrogen-bond acceptors (Lipinski definition) is 2. The third kappa shape index (κ3) is 2.97. The van der Waals surface area contributed by atoms with Gasteiger partial charge in [-0.25, -0.2) is 0 Å². The first-order valence-corrected chi connectivity index (χ1v) is 4.34. The Bertz CT molecular complexity index is 341. The average Bonchev–Trinajstić information content (AvgIpc) is 2.17. The summed E-state index contributed by atoms with van der Waals surface area (Å²) in [4.78, 5) is 0. The molecule has 0 aliphatic carbocycles. The molecule has 82 valence electrons. The topological polar surface area (TPSA) is 15.6 Å². The highest BCUT2D eigenvalue weighted by atomic mass is 19.4. The summed E-state index contributed by atoms with van der Waals surface area (Å²) in [6.07, 6.45) is -2.72. The van der Waals surface area contributed by atoms with E-state index in [1.165, 1.54) is 17.1 Å². The summed E-state index contributed by atoms with van der Waals surface area (Å²) in [7, 11) is 1.67. The van der Waals surface area contributed by atoms with Crippen LogP contribution in [0, 0.1) is 0 Å². The van der Waals surface area contributed by atoms with Crippen LogP contribution in [0.1, 0.15) is 12.5 Å². The van der Waals surface area contributed by atoms with Gasteiger partial charge >= 0.3 is 6.18 Å². The van der Waals surface area contributed by atoms with Crippen LogP contribution in [0.25, 0.3) is 0 Å². The van der Waals surface area contributed by atoms with Crippen molar-refractivity contribution in [2.45, 2.75) is 13.1 Å². The van der Waals surface area contributed by atoms with Gasteiger partial charge < -0.3 is 0 Å². The van der Waals surface area contributed by atoms with Gasteiger partial charge in [0.1, 0.15) is 0 Å². The Balaban J connectivity index is 2.90. The van der Waals surface area contributed by atoms with Crippen molar-refractivity contribution >= 4 is 11.9 Å². The molecule has 0 heterocycles. The molecule has 2 nitrogen and oxygen atoms in total. The fourth-order valence-corrected chi connectivity index (χ4v) is 1.11. The molecule has 0 aromatic heterocycles. The third-order valence-electron chi connectivity index (χ3n) is 1.86. The summed E-state index contributed by atoms with van der Waals surface area (Å²) in [5.74, 6) is 0. The summed E-state index contributed by atoms with van der Waals surface area (Å²) >= 11 is 0. The number of rotatable bonds is 2. The molecule has 1 rings (SSSR count). The highest BCUT2D eigenvalue weighted by Crippen LogP contribution is 2.30. The summed E-state index contributed by atoms with van der Waals surface area (Å²) in [6, 6.07) is 4.85. The number of halogens is 3. The number of benzene rings is 1. The summed E-state index contributed by atoms with van der Waals surface area (Å²) in [5.41, 5.74) is -0.0405. The molecule has 0 bridgehead atoms. The Morgan fingerprint density at radius 3 is 2.13 bits per heavy atom. The van der Waals surface area contributed by atoms with Crippen LogP contribution in [-0.4, -0.2) is 13.3 Å². The van der Waals surface area contributed by atoms with E-state index in [9.17, 15) is 13.2 Å². The lowest BCUT2D eigenvalue weighted by atomic mass is 10.2. The van der Waals surface area contributed by atoms with E-state index in [0.29, 0.717) is 5.69 Å². The third-order valence-corrected chi connectivity index (χ3v) is 1.86. The van der Waals surface area contributed by atoms with Crippen LogP contribution in [0.3, 0.4) is 0 Å². The molecular formula is C10H11F3N2. The number of hydrazone groups is 1. The molecule has 15 heavy (non-hydrogen) atoms. The minimum absolute atomic E-state index is 0.612. The van der Waals surface area contributed by atoms with Gasteiger partial charge in [0.15, 0.2) is 0 Å². The van der Waals surface area contributed by atoms with E-state index >= 15 is 0 Å². The Labute approximate surface area is 86.0 Å². The van der Waals surface area contributed by atoms with Crippen LogP contribution in [-0.2, 0) is 6.18 Å². The number of nitrogens with zero attached hydrogens (tertiary/aromatic N) is 2. The van der Waals surface area contributed by atoms with Crippen molar-refractivity contribution < 1.29 is 13.2 Å². The van der Waals surface area contributed by atoms with Crippen molar-refractivity contribution in [3.63, 3.8) is 0 Å². The molecule has 0 N–H and O–H groups in total. The zero-order chi connectivity index (χ0) is 11.5. The van der Waals surface area contributed by atoms with E-state index in [4.69, 9.17) is 0 Å². The minimum atomic E-state index is -4.29. The smallest absolute Gasteiger partial charge is 0.269 e. The highest BCUT2D eigenvalue weighted by Gasteiger charge is 2.29. The molecule has 0 saturated carbocycles. The van der Waals surface area contributed by atoms with E-state index in [0.717, 1.165) is 12.1 Å². The molecule has 1 aromatic rings. The normalized spacial score (nSPS) is 12.1. The van der Waals surface area contributed by atoms with Crippen LogP contribution in [0.2, 0.25) is 0 Å². The molecule has 0 fully saturated rings. The maximum absolute atomic E-state index is 12.2. The van der Waals surface area contributed by atoms with Gasteiger partial charge in [-0.3, -0.25) is 5.01 Å². The SMILES string of the molecule is C/C=N/N(C)c1ccc(C(F)(F)F)cc1. The van der Waals surface area contributed by atoms with E-state index in [-0.39, 0.29) is 0 Å². The monoisotopic (exact) mass is 216 g/mol. The van der Waals surface area contributed by atoms with E-state index < -0.39 is 11.7 Å². The first-order chi connectivity index (χ1) is 6.95. The van der Waals surface area contributed by atoms with Crippen LogP contribution in [0.5, 0.6) is 0 Å². The molecule has 0 aliphatic heterocycles. The maximum atomic E-state index is 12.2. The summed E-state index contributed by atoms with van der Waals surface area (Å²) < 4.78 is 36.7. The second-order valence-corrected chi connectivity index (χ2v) is 2.94. The first-order valence-electron chi connectivity index (χ1n) is 4.34. The highest BCUT2D eigenvalue weighted by molar-refractivity contribution is 5.57. The maximum Gasteiger partial charge on any atom is 0.416 e. The molecular weight excluding hydrogens is 205 g/mol. The van der Waals surface area contributed by atoms with Crippen molar-refractivity contribution in [3.05, 3.63) is 29.8 Å². The Morgan fingerprint density at radius 2 is 1.73 bits per heavy atom. The van der Waals surface area contributed by atoms with E-state index in [1.54, 1.807) is 20.2 Å². The number of hydrogen-bond donors (Lipinski definition) is 0. The first kappa shape index (κ1) is 11.6. The van der Waals surface area contributed by atoms with Crippen LogP contribution >= 0.6 is 0 Å². The van der Waals surface area contributed by atoms with Crippen molar-refractivity contribution in [2.75, 3.05) is 12.1 Å². The quantitative estimate of drug-likeness (QED) is 0.547. The van der Waals surface area contributed by atoms with Gasteiger partial charge in [-0.15, -0.1) is 0 Å². The zero-order valence-corrected chi connectivity index (χ0v) is 8.42. The van der Waals surface area contributed by atoms with Crippen molar-refractivity contribution in [1.82, 2.24) is 0 Å². The predicted octanol–water partition coefficient (Wildman–Crippen LogP) is 3.15. The Morgan fingerprint density at radius 1 is 1.20 bits per heavy atom. The van der Waals surface area contributed by atoms with Crippen molar-refractivity contribution in [2.24, 2.45) is 5.10 Å². The van der Waals surface area contributed by atoms with E-state index in [1.807, 2.05) is 0 Å². The van der Waals surface area contributed by atoms with Gasteiger partial charge in [0.2, 0.25) is 0 Å². The van der Waals surface area contributed by atoms with Gasteiger partial charge in [0, 0.05) is 13.3 Å². The van der Waals surface area contributed by atoms with Crippen LogP contribution < -0.4 is 5.01 Å². The lowest BCUT2D eigenvalue weighted by Crippen LogP contribution is -2.09. The largest absolute Gasteiger partial charge is 0.416 e. The van der Waals surface area contributed by atoms with Gasteiger partial charge in [0.05, 0.1) is 11.3 Å². The van der Waals surface area contributed by atoms with Gasteiger partial charge in [-0.2, -0.15) is 18.3 Å². The molecule has 1 aromatic carbocycles. The number of anilines is 1. The summed E-state index contributed by atoms with van der Waals surface area (Å²) in [6.45, 7) is 1.74. The molecule has 0 saturated heterocycles. The summed E-state index contributed by atoms with van der Waals surface area (Å²) in [5, 5.41) is 5.41. The van der Waals surface area contributed by atoms with Crippen molar-refractivity contribution in [1.29, 1.82) is 0 Å². The van der Waals surface area contributed by atoms with Gasteiger partial charge in [-0.1, -0.05) is 0 Å². The lowest BCUT2D eigenvalue weighted by Gasteiger charge is -2.13. The predicted molar refractivity (Wildman–Crippen MR) is 54.0 cm³/mol. The standard InChI is InChI=1S/C10H11F3N2/c1-3-14-15(2)9-6-4-8(5-7-9)10(11,12)13/h3-7H,1-2H3/b14-3+. The number of alkyl halides is 3. The fraction of sp³-hybridized carbons (Fsp3) is 0.300. The zero-order valence-electron chi connectivity index (χ0n) is 8.42. The molecule has 0 amide bonds. The van der Waals surface area contributed by atoms with Gasteiger partial charge in [-0.05, 0) is 31.2 Å². The van der Waals surface area contributed by atoms with Crippen molar-refractivity contribution in [3.8, 4) is 0 Å². The Kier molecular flexibility index (Phi) is 3.34. The average molecular weight is 216 g/mol. The molecule has 5 heteroatoms. The molecule has 0 spiro atoms. The van der Waals surface area contributed by atoms with Crippen LogP contribution in [0.15, 0.2) is 29.4 Å². The second kappa shape index (κ2) is 4.33. The molecule has 0 aliphatic rings. The molecule has 0 radical (unpaired) electrons. The van der Waals surface area contributed by atoms with Crippen LogP contribution in [0.4, 0.5) is 18.9 Å². The molecule has 0 atom stereocenters.